The number of hydrogen-bond acceptors (Lipinski definition) is 3. The van der Waals surface area contributed by atoms with E-state index in [4.69, 9.17) is 0 Å². The van der Waals surface area contributed by atoms with Crippen molar-refractivity contribution in [3.63, 3.8) is 0 Å². The molecule has 1 aliphatic heterocycles. The van der Waals surface area contributed by atoms with E-state index in [2.05, 4.69) is 44.1 Å². The molecule has 1 aliphatic rings. The van der Waals surface area contributed by atoms with Crippen molar-refractivity contribution in [3.8, 4) is 0 Å². The Balaban J connectivity index is 1.52. The lowest BCUT2D eigenvalue weighted by molar-refractivity contribution is 0.0856. The summed E-state index contributed by atoms with van der Waals surface area (Å²) in [6, 6.07) is 7.70. The van der Waals surface area contributed by atoms with E-state index in [1.807, 2.05) is 13.0 Å². The predicted octanol–water partition coefficient (Wildman–Crippen LogP) is 3.07. The minimum atomic E-state index is -0.245. The number of fused-ring (bicyclic) bond motifs is 1. The van der Waals surface area contributed by atoms with E-state index >= 15 is 0 Å². The lowest BCUT2D eigenvalue weighted by atomic mass is 10.1. The van der Waals surface area contributed by atoms with E-state index in [1.165, 1.54) is 11.8 Å². The molecule has 3 heterocycles. The number of rotatable bonds is 4. The highest BCUT2D eigenvalue weighted by Gasteiger charge is 2.31. The Hall–Kier alpha value is -2.21. The summed E-state index contributed by atoms with van der Waals surface area (Å²) in [5, 5.41) is 4.57. The number of hydrogen-bond donors (Lipinski definition) is 0. The summed E-state index contributed by atoms with van der Waals surface area (Å²) < 4.78 is 18.2. The summed E-state index contributed by atoms with van der Waals surface area (Å²) >= 11 is 0. The van der Waals surface area contributed by atoms with Crippen LogP contribution in [0.4, 0.5) is 4.39 Å². The van der Waals surface area contributed by atoms with Gasteiger partial charge in [-0.3, -0.25) is 9.58 Å². The zero-order valence-electron chi connectivity index (χ0n) is 14.3. The van der Waals surface area contributed by atoms with Gasteiger partial charge in [-0.1, -0.05) is 6.07 Å². The minimum absolute atomic E-state index is 0.245. The fraction of sp³-hybridized carbons (Fsp3) is 0.444. The summed E-state index contributed by atoms with van der Waals surface area (Å²) in [4.78, 5) is 6.89. The van der Waals surface area contributed by atoms with Gasteiger partial charge in [-0.05, 0) is 39.0 Å². The Bertz CT molecular complexity index is 888. The molecule has 3 aromatic rings. The van der Waals surface area contributed by atoms with Gasteiger partial charge in [0.15, 0.2) is 5.82 Å². The maximum atomic E-state index is 14.0. The van der Waals surface area contributed by atoms with Crippen molar-refractivity contribution in [3.05, 3.63) is 47.3 Å². The quantitative estimate of drug-likeness (QED) is 0.739. The molecule has 0 radical (unpaired) electrons. The number of halogens is 1. The zero-order chi connectivity index (χ0) is 16.8. The highest BCUT2D eigenvalue weighted by Crippen LogP contribution is 2.26. The standard InChI is InChI=1S/C18H22FN5/c1-4-23-16-7-5-6-15(19)18(16)20-17(23)11-22-9-14(10-22)24-13(3)8-12(2)21-24/h5-8,14H,4,9-11H2,1-3H3. The van der Waals surface area contributed by atoms with Crippen molar-refractivity contribution in [2.24, 2.45) is 0 Å². The first-order valence-electron chi connectivity index (χ1n) is 8.45. The van der Waals surface area contributed by atoms with Gasteiger partial charge in [-0.2, -0.15) is 5.10 Å². The minimum Gasteiger partial charge on any atom is -0.327 e. The van der Waals surface area contributed by atoms with Crippen LogP contribution in [0, 0.1) is 19.7 Å². The first kappa shape index (κ1) is 15.3. The van der Waals surface area contributed by atoms with E-state index in [0.29, 0.717) is 11.6 Å². The van der Waals surface area contributed by atoms with Gasteiger partial charge < -0.3 is 4.57 Å². The molecule has 0 unspecified atom stereocenters. The largest absolute Gasteiger partial charge is 0.327 e. The Morgan fingerprint density at radius 2 is 2.04 bits per heavy atom. The van der Waals surface area contributed by atoms with Gasteiger partial charge in [0.25, 0.3) is 0 Å². The van der Waals surface area contributed by atoms with Gasteiger partial charge in [0.2, 0.25) is 0 Å². The molecule has 126 valence electrons. The molecular formula is C18H22FN5. The molecule has 0 aliphatic carbocycles. The van der Waals surface area contributed by atoms with Crippen LogP contribution >= 0.6 is 0 Å². The molecule has 0 saturated carbocycles. The molecule has 0 spiro atoms. The van der Waals surface area contributed by atoms with Crippen molar-refractivity contribution in [1.29, 1.82) is 0 Å². The average Bonchev–Trinajstić information content (AvgIpc) is 3.02. The van der Waals surface area contributed by atoms with Crippen LogP contribution < -0.4 is 0 Å². The van der Waals surface area contributed by atoms with Gasteiger partial charge in [0, 0.05) is 25.3 Å². The smallest absolute Gasteiger partial charge is 0.151 e. The summed E-state index contributed by atoms with van der Waals surface area (Å²) in [6.07, 6.45) is 0. The second-order valence-corrected chi connectivity index (χ2v) is 6.60. The number of benzene rings is 1. The van der Waals surface area contributed by atoms with Crippen LogP contribution in [0.3, 0.4) is 0 Å². The zero-order valence-corrected chi connectivity index (χ0v) is 14.3. The van der Waals surface area contributed by atoms with Crippen LogP contribution in [0.5, 0.6) is 0 Å². The number of aromatic nitrogens is 4. The molecule has 5 nitrogen and oxygen atoms in total. The Morgan fingerprint density at radius 1 is 1.25 bits per heavy atom. The van der Waals surface area contributed by atoms with E-state index < -0.39 is 0 Å². The molecule has 0 atom stereocenters. The Kier molecular flexibility index (Phi) is 3.64. The topological polar surface area (TPSA) is 38.9 Å². The summed E-state index contributed by atoms with van der Waals surface area (Å²) in [7, 11) is 0. The Morgan fingerprint density at radius 3 is 2.71 bits per heavy atom. The van der Waals surface area contributed by atoms with Gasteiger partial charge >= 0.3 is 0 Å². The van der Waals surface area contributed by atoms with Crippen LogP contribution in [0.1, 0.15) is 30.2 Å². The third-order valence-electron chi connectivity index (χ3n) is 4.82. The van der Waals surface area contributed by atoms with Crippen molar-refractivity contribution in [1.82, 2.24) is 24.2 Å². The molecule has 24 heavy (non-hydrogen) atoms. The maximum Gasteiger partial charge on any atom is 0.151 e. The monoisotopic (exact) mass is 327 g/mol. The third kappa shape index (κ3) is 2.41. The average molecular weight is 327 g/mol. The lowest BCUT2D eigenvalue weighted by Gasteiger charge is -2.39. The molecule has 1 aromatic carbocycles. The van der Waals surface area contributed by atoms with Crippen molar-refractivity contribution < 1.29 is 4.39 Å². The van der Waals surface area contributed by atoms with Crippen LogP contribution in [-0.4, -0.2) is 37.3 Å². The second kappa shape index (κ2) is 5.70. The summed E-state index contributed by atoms with van der Waals surface area (Å²) in [5.41, 5.74) is 3.63. The summed E-state index contributed by atoms with van der Waals surface area (Å²) in [5.74, 6) is 0.689. The van der Waals surface area contributed by atoms with E-state index in [1.54, 1.807) is 6.07 Å². The second-order valence-electron chi connectivity index (χ2n) is 6.60. The Labute approximate surface area is 140 Å². The van der Waals surface area contributed by atoms with Crippen LogP contribution in [-0.2, 0) is 13.1 Å². The first-order chi connectivity index (χ1) is 11.6. The fourth-order valence-electron chi connectivity index (χ4n) is 3.68. The molecule has 2 aromatic heterocycles. The van der Waals surface area contributed by atoms with Crippen LogP contribution in [0.15, 0.2) is 24.3 Å². The number of aryl methyl sites for hydroxylation is 3. The third-order valence-corrected chi connectivity index (χ3v) is 4.82. The predicted molar refractivity (Wildman–Crippen MR) is 91.4 cm³/mol. The molecule has 1 saturated heterocycles. The molecular weight excluding hydrogens is 305 g/mol. The SMILES string of the molecule is CCn1c(CN2CC(n3nc(C)cc3C)C2)nc2c(F)cccc21. The molecule has 0 bridgehead atoms. The maximum absolute atomic E-state index is 14.0. The number of likely N-dealkylation sites (tertiary alicyclic amines) is 1. The number of imidazole rings is 1. The van der Waals surface area contributed by atoms with E-state index in [9.17, 15) is 4.39 Å². The number of nitrogens with zero attached hydrogens (tertiary/aromatic N) is 5. The first-order valence-corrected chi connectivity index (χ1v) is 8.45. The highest BCUT2D eigenvalue weighted by molar-refractivity contribution is 5.76. The van der Waals surface area contributed by atoms with E-state index in [0.717, 1.165) is 43.2 Å². The molecule has 1 fully saturated rings. The highest BCUT2D eigenvalue weighted by atomic mass is 19.1. The number of para-hydroxylation sites is 1. The fourth-order valence-corrected chi connectivity index (χ4v) is 3.68. The van der Waals surface area contributed by atoms with Gasteiger partial charge in [-0.25, -0.2) is 9.37 Å². The van der Waals surface area contributed by atoms with Gasteiger partial charge in [-0.15, -0.1) is 0 Å². The van der Waals surface area contributed by atoms with E-state index in [-0.39, 0.29) is 5.82 Å². The molecule has 4 rings (SSSR count). The van der Waals surface area contributed by atoms with Crippen molar-refractivity contribution >= 4 is 11.0 Å². The lowest BCUT2D eigenvalue weighted by Crippen LogP contribution is -2.48. The van der Waals surface area contributed by atoms with Gasteiger partial charge in [0.05, 0.1) is 23.8 Å². The van der Waals surface area contributed by atoms with Crippen LogP contribution in [0.25, 0.3) is 11.0 Å². The molecule has 0 N–H and O–H groups in total. The van der Waals surface area contributed by atoms with Crippen molar-refractivity contribution in [2.45, 2.75) is 39.9 Å². The van der Waals surface area contributed by atoms with Crippen molar-refractivity contribution in [2.75, 3.05) is 13.1 Å². The van der Waals surface area contributed by atoms with Crippen LogP contribution in [0.2, 0.25) is 0 Å². The molecule has 6 heteroatoms. The molecule has 0 amide bonds. The van der Waals surface area contributed by atoms with Gasteiger partial charge in [0.1, 0.15) is 11.3 Å². The normalized spacial score (nSPS) is 16.0. The summed E-state index contributed by atoms with van der Waals surface area (Å²) in [6.45, 7) is 9.65.